The third-order valence-corrected chi connectivity index (χ3v) is 3.65. The third kappa shape index (κ3) is 3.14. The molecule has 1 N–H and O–H groups in total. The SMILES string of the molecule is Cc1c(NC(=O)CCl)c(C)c(C(=O)Cl)c(C)c1C(=O)Cl. The first kappa shape index (κ1) is 17.0. The molecule has 1 amide bonds. The maximum absolute atomic E-state index is 11.6. The van der Waals surface area contributed by atoms with Crippen LogP contribution in [0.25, 0.3) is 0 Å². The number of carbonyl (C=O) groups is 3. The number of amides is 1. The molecule has 0 spiro atoms. The number of nitrogens with one attached hydrogen (secondary N) is 1. The predicted molar refractivity (Wildman–Crippen MR) is 80.4 cm³/mol. The Balaban J connectivity index is 3.71. The van der Waals surface area contributed by atoms with E-state index in [1.165, 1.54) is 0 Å². The summed E-state index contributed by atoms with van der Waals surface area (Å²) in [6, 6.07) is 0. The van der Waals surface area contributed by atoms with E-state index in [9.17, 15) is 14.4 Å². The minimum Gasteiger partial charge on any atom is -0.325 e. The van der Waals surface area contributed by atoms with Crippen LogP contribution in [0.15, 0.2) is 0 Å². The fourth-order valence-electron chi connectivity index (χ4n) is 2.17. The molecule has 20 heavy (non-hydrogen) atoms. The van der Waals surface area contributed by atoms with Crippen LogP contribution >= 0.6 is 34.8 Å². The van der Waals surface area contributed by atoms with Crippen molar-refractivity contribution in [1.82, 2.24) is 0 Å². The van der Waals surface area contributed by atoms with Crippen molar-refractivity contribution in [3.63, 3.8) is 0 Å². The molecule has 108 valence electrons. The van der Waals surface area contributed by atoms with Gasteiger partial charge in [0.15, 0.2) is 0 Å². The lowest BCUT2D eigenvalue weighted by Gasteiger charge is -2.19. The van der Waals surface area contributed by atoms with Crippen molar-refractivity contribution in [2.75, 3.05) is 11.2 Å². The summed E-state index contributed by atoms with van der Waals surface area (Å²) in [6.07, 6.45) is 0. The van der Waals surface area contributed by atoms with Gasteiger partial charge in [-0.15, -0.1) is 11.6 Å². The molecular formula is C13H12Cl3NO3. The molecule has 0 bridgehead atoms. The number of benzene rings is 1. The minimum absolute atomic E-state index is 0.158. The summed E-state index contributed by atoms with van der Waals surface area (Å²) >= 11 is 16.6. The van der Waals surface area contributed by atoms with Gasteiger partial charge in [0.2, 0.25) is 5.91 Å². The highest BCUT2D eigenvalue weighted by atomic mass is 35.5. The molecule has 0 aromatic heterocycles. The second kappa shape index (κ2) is 6.57. The van der Waals surface area contributed by atoms with Gasteiger partial charge >= 0.3 is 0 Å². The summed E-state index contributed by atoms with van der Waals surface area (Å²) in [7, 11) is 0. The number of hydrogen-bond donors (Lipinski definition) is 1. The maximum atomic E-state index is 11.6. The Bertz CT molecular complexity index is 570. The molecule has 0 heterocycles. The number of alkyl halides is 1. The van der Waals surface area contributed by atoms with Gasteiger partial charge in [0.1, 0.15) is 5.88 Å². The topological polar surface area (TPSA) is 63.2 Å². The van der Waals surface area contributed by atoms with Crippen LogP contribution < -0.4 is 5.32 Å². The molecule has 0 aliphatic heterocycles. The quantitative estimate of drug-likeness (QED) is 0.675. The zero-order valence-electron chi connectivity index (χ0n) is 11.1. The zero-order chi connectivity index (χ0) is 15.6. The summed E-state index contributed by atoms with van der Waals surface area (Å²) in [5, 5.41) is 1.11. The van der Waals surface area contributed by atoms with Gasteiger partial charge in [0, 0.05) is 16.8 Å². The van der Waals surface area contributed by atoms with Crippen molar-refractivity contribution in [2.45, 2.75) is 20.8 Å². The summed E-state index contributed by atoms with van der Waals surface area (Å²) in [4.78, 5) is 34.6. The predicted octanol–water partition coefficient (Wildman–Crippen LogP) is 3.55. The molecule has 1 aromatic carbocycles. The van der Waals surface area contributed by atoms with Crippen LogP contribution in [0.5, 0.6) is 0 Å². The van der Waals surface area contributed by atoms with Crippen LogP contribution in [0.3, 0.4) is 0 Å². The lowest BCUT2D eigenvalue weighted by molar-refractivity contribution is -0.113. The first-order valence-corrected chi connectivity index (χ1v) is 6.90. The highest BCUT2D eigenvalue weighted by Gasteiger charge is 2.24. The van der Waals surface area contributed by atoms with Crippen molar-refractivity contribution in [2.24, 2.45) is 0 Å². The van der Waals surface area contributed by atoms with Crippen molar-refractivity contribution in [1.29, 1.82) is 0 Å². The normalized spacial score (nSPS) is 10.3. The molecule has 0 saturated heterocycles. The Morgan fingerprint density at radius 1 is 0.900 bits per heavy atom. The highest BCUT2D eigenvalue weighted by Crippen LogP contribution is 2.33. The zero-order valence-corrected chi connectivity index (χ0v) is 13.3. The van der Waals surface area contributed by atoms with E-state index < -0.39 is 16.4 Å². The van der Waals surface area contributed by atoms with Gasteiger partial charge in [0.05, 0.1) is 0 Å². The van der Waals surface area contributed by atoms with Crippen molar-refractivity contribution >= 4 is 56.9 Å². The second-order valence-electron chi connectivity index (χ2n) is 4.23. The summed E-state index contributed by atoms with van der Waals surface area (Å²) in [5.41, 5.74) is 1.98. The fourth-order valence-corrected chi connectivity index (χ4v) is 2.80. The van der Waals surface area contributed by atoms with Crippen molar-refractivity contribution in [3.05, 3.63) is 27.8 Å². The average molecular weight is 337 g/mol. The van der Waals surface area contributed by atoms with Crippen LogP contribution in [0.4, 0.5) is 5.69 Å². The molecule has 0 radical (unpaired) electrons. The van der Waals surface area contributed by atoms with Crippen LogP contribution in [0.1, 0.15) is 37.4 Å². The Hall–Kier alpha value is -1.10. The smallest absolute Gasteiger partial charge is 0.253 e. The van der Waals surface area contributed by atoms with Gasteiger partial charge in [-0.1, -0.05) is 0 Å². The summed E-state index contributed by atoms with van der Waals surface area (Å²) in [5.74, 6) is -0.705. The van der Waals surface area contributed by atoms with Crippen LogP contribution in [0.2, 0.25) is 0 Å². The third-order valence-electron chi connectivity index (χ3n) is 3.03. The van der Waals surface area contributed by atoms with E-state index in [0.717, 1.165) is 0 Å². The van der Waals surface area contributed by atoms with E-state index in [2.05, 4.69) is 5.32 Å². The molecule has 0 aliphatic rings. The van der Waals surface area contributed by atoms with Gasteiger partial charge in [-0.05, 0) is 60.7 Å². The molecule has 4 nitrogen and oxygen atoms in total. The van der Waals surface area contributed by atoms with Gasteiger partial charge in [-0.25, -0.2) is 0 Å². The minimum atomic E-state index is -0.722. The molecule has 0 fully saturated rings. The van der Waals surface area contributed by atoms with E-state index in [1.807, 2.05) is 0 Å². The van der Waals surface area contributed by atoms with Gasteiger partial charge in [-0.3, -0.25) is 14.4 Å². The van der Waals surface area contributed by atoms with E-state index in [4.69, 9.17) is 34.8 Å². The highest BCUT2D eigenvalue weighted by molar-refractivity contribution is 6.69. The molecule has 7 heteroatoms. The standard InChI is InChI=1S/C13H12Cl3NO3/c1-5-9(12(15)19)6(2)11(17-8(18)4-14)7(3)10(5)13(16)20/h4H2,1-3H3,(H,17,18). The molecule has 1 rings (SSSR count). The number of anilines is 1. The maximum Gasteiger partial charge on any atom is 0.253 e. The van der Waals surface area contributed by atoms with Gasteiger partial charge in [0.25, 0.3) is 10.5 Å². The van der Waals surface area contributed by atoms with Crippen LogP contribution in [-0.4, -0.2) is 22.3 Å². The van der Waals surface area contributed by atoms with Gasteiger partial charge < -0.3 is 5.32 Å². The lowest BCUT2D eigenvalue weighted by Crippen LogP contribution is -2.18. The first-order valence-electron chi connectivity index (χ1n) is 5.61. The first-order chi connectivity index (χ1) is 9.22. The molecular weight excluding hydrogens is 325 g/mol. The number of halogens is 3. The summed E-state index contributed by atoms with van der Waals surface area (Å²) in [6.45, 7) is 4.84. The van der Waals surface area contributed by atoms with Crippen LogP contribution in [0, 0.1) is 20.8 Å². The Morgan fingerprint density at radius 2 is 1.30 bits per heavy atom. The molecule has 0 atom stereocenters. The van der Waals surface area contributed by atoms with Crippen molar-refractivity contribution < 1.29 is 14.4 Å². The molecule has 0 saturated carbocycles. The van der Waals surface area contributed by atoms with Gasteiger partial charge in [-0.2, -0.15) is 0 Å². The monoisotopic (exact) mass is 335 g/mol. The lowest BCUT2D eigenvalue weighted by atomic mass is 9.92. The Kier molecular flexibility index (Phi) is 5.57. The number of rotatable bonds is 4. The molecule has 0 aliphatic carbocycles. The van der Waals surface area contributed by atoms with E-state index in [-0.39, 0.29) is 17.0 Å². The summed E-state index contributed by atoms with van der Waals surface area (Å²) < 4.78 is 0. The molecule has 1 aromatic rings. The fraction of sp³-hybridized carbons (Fsp3) is 0.308. The van der Waals surface area contributed by atoms with E-state index in [0.29, 0.717) is 22.4 Å². The Morgan fingerprint density at radius 3 is 1.60 bits per heavy atom. The average Bonchev–Trinajstić information content (AvgIpc) is 2.33. The number of carbonyl (C=O) groups excluding carboxylic acids is 3. The van der Waals surface area contributed by atoms with Crippen LogP contribution in [-0.2, 0) is 4.79 Å². The Labute approximate surface area is 131 Å². The second-order valence-corrected chi connectivity index (χ2v) is 5.18. The van der Waals surface area contributed by atoms with Crippen molar-refractivity contribution in [3.8, 4) is 0 Å². The van der Waals surface area contributed by atoms with E-state index in [1.54, 1.807) is 20.8 Å². The van der Waals surface area contributed by atoms with E-state index >= 15 is 0 Å². The number of hydrogen-bond acceptors (Lipinski definition) is 3. The largest absolute Gasteiger partial charge is 0.325 e. The molecule has 0 unspecified atom stereocenters.